The lowest BCUT2D eigenvalue weighted by Crippen LogP contribution is -2.78. The van der Waals surface area contributed by atoms with Crippen molar-refractivity contribution in [2.45, 2.75) is 168 Å². The molecular formula is C48H69NO15. The van der Waals surface area contributed by atoms with Crippen LogP contribution in [0.15, 0.2) is 54.1 Å². The third-order valence-corrected chi connectivity index (χ3v) is 13.8. The van der Waals surface area contributed by atoms with Gasteiger partial charge in [0.15, 0.2) is 18.0 Å². The second kappa shape index (κ2) is 18.9. The SMILES string of the molecule is C=CC(OC)O[C@H]1C[C@H]2OC[C@@]2(OC(C)=O)[C@H]2[C@H](OC(=O)c3ccccc3)C3(C(C)(C)O)C[C@H](OC(=O)[C@H](O)[C@H](CC(C)C)NC(=O)OC(C)(C)C)C(C)=C3[C@H](OC(C)=O)C(C)[C@]12C. The predicted molar refractivity (Wildman–Crippen MR) is 231 cm³/mol. The molecule has 3 aliphatic carbocycles. The van der Waals surface area contributed by atoms with Crippen molar-refractivity contribution in [1.29, 1.82) is 0 Å². The zero-order valence-electron chi connectivity index (χ0n) is 39.6. The molecule has 0 aromatic heterocycles. The Morgan fingerprint density at radius 1 is 1.02 bits per heavy atom. The van der Waals surface area contributed by atoms with Gasteiger partial charge in [-0.3, -0.25) is 9.59 Å². The Labute approximate surface area is 376 Å². The Kier molecular flexibility index (Phi) is 14.9. The smallest absolute Gasteiger partial charge is 0.407 e. The summed E-state index contributed by atoms with van der Waals surface area (Å²) in [7, 11) is 1.46. The van der Waals surface area contributed by atoms with E-state index in [0.717, 1.165) is 0 Å². The van der Waals surface area contributed by atoms with Crippen LogP contribution in [-0.4, -0.2) is 120 Å². The molecule has 1 aromatic rings. The topological polar surface area (TPSA) is 212 Å². The summed E-state index contributed by atoms with van der Waals surface area (Å²) < 4.78 is 49.8. The molecule has 3 N–H and O–H groups in total. The minimum absolute atomic E-state index is 0.0825. The van der Waals surface area contributed by atoms with Crippen LogP contribution in [0.1, 0.15) is 113 Å². The Balaban J connectivity index is 1.79. The van der Waals surface area contributed by atoms with Crippen molar-refractivity contribution in [3.8, 4) is 0 Å². The lowest BCUT2D eigenvalue weighted by Gasteiger charge is -2.66. The van der Waals surface area contributed by atoms with E-state index >= 15 is 0 Å². The Bertz CT molecular complexity index is 1950. The molecule has 16 heteroatoms. The van der Waals surface area contributed by atoms with Gasteiger partial charge in [-0.1, -0.05) is 52.5 Å². The van der Waals surface area contributed by atoms with Crippen LogP contribution in [0.4, 0.5) is 4.79 Å². The van der Waals surface area contributed by atoms with Gasteiger partial charge in [-0.05, 0) is 83.2 Å². The first-order chi connectivity index (χ1) is 29.7. The molecule has 0 spiro atoms. The Morgan fingerprint density at radius 3 is 2.16 bits per heavy atom. The van der Waals surface area contributed by atoms with Crippen molar-refractivity contribution in [2.24, 2.45) is 28.6 Å². The maximum absolute atomic E-state index is 14.7. The fourth-order valence-corrected chi connectivity index (χ4v) is 10.9. The lowest BCUT2D eigenvalue weighted by atomic mass is 9.48. The fraction of sp³-hybridized carbons (Fsp3) is 0.688. The van der Waals surface area contributed by atoms with Gasteiger partial charge < -0.3 is 53.4 Å². The van der Waals surface area contributed by atoms with Crippen LogP contribution >= 0.6 is 0 Å². The van der Waals surface area contributed by atoms with Gasteiger partial charge in [-0.2, -0.15) is 0 Å². The molecule has 1 aliphatic heterocycles. The van der Waals surface area contributed by atoms with E-state index in [-0.39, 0.29) is 37.4 Å². The molecule has 5 rings (SSSR count). The summed E-state index contributed by atoms with van der Waals surface area (Å²) in [6.07, 6.45) is -7.55. The minimum atomic E-state index is -1.89. The van der Waals surface area contributed by atoms with E-state index in [0.29, 0.717) is 11.1 Å². The maximum atomic E-state index is 14.7. The number of nitrogens with one attached hydrogen (secondary N) is 1. The number of benzene rings is 1. The Hall–Kier alpha value is -4.35. The highest BCUT2D eigenvalue weighted by Crippen LogP contribution is 2.70. The zero-order chi connectivity index (χ0) is 47.9. The van der Waals surface area contributed by atoms with Gasteiger partial charge in [0.1, 0.15) is 30.0 Å². The highest BCUT2D eigenvalue weighted by molar-refractivity contribution is 5.89. The first-order valence-electron chi connectivity index (χ1n) is 22.0. The Morgan fingerprint density at radius 2 is 1.66 bits per heavy atom. The lowest BCUT2D eigenvalue weighted by molar-refractivity contribution is -0.357. The van der Waals surface area contributed by atoms with Gasteiger partial charge in [0.25, 0.3) is 0 Å². The minimum Gasteiger partial charge on any atom is -0.458 e. The van der Waals surface area contributed by atoms with E-state index in [1.807, 2.05) is 27.7 Å². The quantitative estimate of drug-likeness (QED) is 0.0828. The van der Waals surface area contributed by atoms with E-state index in [9.17, 15) is 34.2 Å². The molecule has 1 aromatic carbocycles. The van der Waals surface area contributed by atoms with Crippen molar-refractivity contribution in [2.75, 3.05) is 13.7 Å². The van der Waals surface area contributed by atoms with E-state index < -0.39 is 118 Å². The summed E-state index contributed by atoms with van der Waals surface area (Å²) in [4.78, 5) is 68.6. The molecule has 13 atom stereocenters. The van der Waals surface area contributed by atoms with E-state index in [2.05, 4.69) is 11.9 Å². The number of carbonyl (C=O) groups excluding carboxylic acids is 5. The molecule has 0 bridgehead atoms. The normalized spacial score (nSPS) is 32.5. The number of hydrogen-bond donors (Lipinski definition) is 3. The number of amides is 1. The van der Waals surface area contributed by atoms with Gasteiger partial charge in [0.2, 0.25) is 0 Å². The molecule has 4 aliphatic rings. The number of esters is 4. The van der Waals surface area contributed by atoms with Crippen LogP contribution in [0.3, 0.4) is 0 Å². The van der Waals surface area contributed by atoms with Crippen molar-refractivity contribution < 1.29 is 72.1 Å². The van der Waals surface area contributed by atoms with Crippen LogP contribution < -0.4 is 5.32 Å². The molecule has 1 heterocycles. The van der Waals surface area contributed by atoms with Gasteiger partial charge in [-0.25, -0.2) is 14.4 Å². The monoisotopic (exact) mass is 899 g/mol. The van der Waals surface area contributed by atoms with Crippen molar-refractivity contribution in [3.63, 3.8) is 0 Å². The number of methoxy groups -OCH3 is 1. The molecule has 16 nitrogen and oxygen atoms in total. The largest absolute Gasteiger partial charge is 0.458 e. The maximum Gasteiger partial charge on any atom is 0.407 e. The van der Waals surface area contributed by atoms with Crippen LogP contribution in [-0.2, 0) is 52.3 Å². The number of rotatable bonds is 15. The summed E-state index contributed by atoms with van der Waals surface area (Å²) in [5, 5.41) is 27.2. The molecule has 64 heavy (non-hydrogen) atoms. The summed E-state index contributed by atoms with van der Waals surface area (Å²) >= 11 is 0. The number of hydrogen-bond acceptors (Lipinski definition) is 15. The highest BCUT2D eigenvalue weighted by atomic mass is 16.7. The zero-order valence-corrected chi connectivity index (χ0v) is 39.6. The second-order valence-corrected chi connectivity index (χ2v) is 20.0. The van der Waals surface area contributed by atoms with Crippen LogP contribution in [0, 0.1) is 28.6 Å². The summed E-state index contributed by atoms with van der Waals surface area (Å²) in [6.45, 7) is 23.6. The first kappa shape index (κ1) is 50.6. The molecule has 1 saturated heterocycles. The predicted octanol–water partition coefficient (Wildman–Crippen LogP) is 5.75. The third-order valence-electron chi connectivity index (χ3n) is 13.8. The molecule has 2 saturated carbocycles. The number of carbonyl (C=O) groups is 5. The standard InChI is InChI=1S/C48H69NO15/c1-15-35(57-14)61-33-22-34-48(24-58-34,63-29(7)51)39-40(62-41(53)30-19-17-16-18-20-30)47(45(11,12)56)23-32(26(4)36(47)38(59-28(6)50)27(5)46(33,39)13)60-42(54)37(52)31(21-25(2)3)49-43(55)64-44(8,9)10/h15-20,25,27,31-35,37-40,52,56H,1,21-24H2,2-14H3,(H,49,55)/t27?,31-,32-,33-,34+,35?,37+,38+,39-,40-,46+,47?,48-/m0/s1. The summed E-state index contributed by atoms with van der Waals surface area (Å²) in [6, 6.07) is 7.14. The molecular weight excluding hydrogens is 831 g/mol. The van der Waals surface area contributed by atoms with Crippen molar-refractivity contribution >= 4 is 30.0 Å². The fourth-order valence-electron chi connectivity index (χ4n) is 10.9. The van der Waals surface area contributed by atoms with Gasteiger partial charge in [0, 0.05) is 45.1 Å². The first-order valence-corrected chi connectivity index (χ1v) is 22.0. The number of aliphatic hydroxyl groups is 2. The van der Waals surface area contributed by atoms with Gasteiger partial charge in [0.05, 0.1) is 41.3 Å². The number of alkyl carbamates (subject to hydrolysis) is 1. The molecule has 356 valence electrons. The number of fused-ring (bicyclic) bond motifs is 4. The van der Waals surface area contributed by atoms with Crippen LogP contribution in [0.2, 0.25) is 0 Å². The summed E-state index contributed by atoms with van der Waals surface area (Å²) in [5.41, 5.74) is -6.41. The van der Waals surface area contributed by atoms with E-state index in [4.69, 9.17) is 37.9 Å². The number of ether oxygens (including phenoxy) is 8. The third kappa shape index (κ3) is 9.49. The van der Waals surface area contributed by atoms with Crippen molar-refractivity contribution in [1.82, 2.24) is 5.32 Å². The molecule has 1 amide bonds. The average molecular weight is 900 g/mol. The van der Waals surface area contributed by atoms with E-state index in [1.165, 1.54) is 40.9 Å². The van der Waals surface area contributed by atoms with Gasteiger partial charge >= 0.3 is 30.0 Å². The van der Waals surface area contributed by atoms with Crippen LogP contribution in [0.25, 0.3) is 0 Å². The van der Waals surface area contributed by atoms with Crippen LogP contribution in [0.5, 0.6) is 0 Å². The molecule has 3 unspecified atom stereocenters. The van der Waals surface area contributed by atoms with Crippen molar-refractivity contribution in [3.05, 3.63) is 59.7 Å². The number of aliphatic hydroxyl groups excluding tert-OH is 1. The second-order valence-electron chi connectivity index (χ2n) is 20.0. The molecule has 0 radical (unpaired) electrons. The highest BCUT2D eigenvalue weighted by Gasteiger charge is 2.79. The van der Waals surface area contributed by atoms with Gasteiger partial charge in [-0.15, -0.1) is 0 Å². The average Bonchev–Trinajstić information content (AvgIpc) is 3.45. The molecule has 3 fully saturated rings. The van der Waals surface area contributed by atoms with E-state index in [1.54, 1.807) is 58.0 Å². The summed E-state index contributed by atoms with van der Waals surface area (Å²) in [5.74, 6) is -5.09.